The van der Waals surface area contributed by atoms with Gasteiger partial charge in [-0.2, -0.15) is 10.5 Å². The van der Waals surface area contributed by atoms with Gasteiger partial charge in [0.1, 0.15) is 11.6 Å². The number of hydrogen-bond acceptors (Lipinski definition) is 5. The van der Waals surface area contributed by atoms with Gasteiger partial charge in [0.05, 0.1) is 5.69 Å². The average Bonchev–Trinajstić information content (AvgIpc) is 2.88. The summed E-state index contributed by atoms with van der Waals surface area (Å²) in [5.74, 6) is 0.258. The van der Waals surface area contributed by atoms with Gasteiger partial charge in [0.25, 0.3) is 0 Å². The summed E-state index contributed by atoms with van der Waals surface area (Å²) in [4.78, 5) is 0. The van der Waals surface area contributed by atoms with E-state index in [0.717, 1.165) is 15.7 Å². The van der Waals surface area contributed by atoms with Crippen molar-refractivity contribution in [3.8, 4) is 6.07 Å². The standard InChI is InChI=1S/C11H9BrN6/c1-7-2-3-9(12)10(4-7)14-6-8(5-13)11-15-17-18-16-11/h2-4,6,14H,1H3,(H,15,16,17,18). The fraction of sp³-hybridized carbons (Fsp3) is 0.0909. The maximum absolute atomic E-state index is 9.01. The van der Waals surface area contributed by atoms with Crippen LogP contribution in [0, 0.1) is 18.3 Å². The zero-order chi connectivity index (χ0) is 13.0. The summed E-state index contributed by atoms with van der Waals surface area (Å²) in [6, 6.07) is 7.90. The summed E-state index contributed by atoms with van der Waals surface area (Å²) in [6.07, 6.45) is 1.55. The minimum Gasteiger partial charge on any atom is -0.359 e. The van der Waals surface area contributed by atoms with E-state index in [2.05, 4.69) is 41.9 Å². The number of nitrogens with zero attached hydrogens (tertiary/aromatic N) is 4. The molecule has 0 spiro atoms. The van der Waals surface area contributed by atoms with Crippen molar-refractivity contribution in [2.45, 2.75) is 6.92 Å². The third kappa shape index (κ3) is 2.73. The van der Waals surface area contributed by atoms with Gasteiger partial charge in [-0.1, -0.05) is 6.07 Å². The Kier molecular flexibility index (Phi) is 3.69. The first-order chi connectivity index (χ1) is 8.70. The molecule has 6 nitrogen and oxygen atoms in total. The molecular weight excluding hydrogens is 296 g/mol. The van der Waals surface area contributed by atoms with E-state index in [-0.39, 0.29) is 5.82 Å². The van der Waals surface area contributed by atoms with Crippen LogP contribution in [0.5, 0.6) is 0 Å². The van der Waals surface area contributed by atoms with E-state index in [1.807, 2.05) is 31.2 Å². The van der Waals surface area contributed by atoms with E-state index < -0.39 is 0 Å². The number of hydrogen-bond donors (Lipinski definition) is 2. The Labute approximate surface area is 112 Å². The molecule has 0 aliphatic rings. The van der Waals surface area contributed by atoms with Crippen molar-refractivity contribution in [1.29, 1.82) is 5.26 Å². The molecule has 0 amide bonds. The summed E-state index contributed by atoms with van der Waals surface area (Å²) in [7, 11) is 0. The fourth-order valence-corrected chi connectivity index (χ4v) is 1.68. The molecule has 1 heterocycles. The van der Waals surface area contributed by atoms with Gasteiger partial charge in [-0.15, -0.1) is 10.2 Å². The summed E-state index contributed by atoms with van der Waals surface area (Å²) in [5, 5.41) is 25.3. The Balaban J connectivity index is 2.24. The van der Waals surface area contributed by atoms with Crippen LogP contribution < -0.4 is 5.32 Å². The van der Waals surface area contributed by atoms with Gasteiger partial charge in [0.15, 0.2) is 0 Å². The second kappa shape index (κ2) is 5.42. The predicted octanol–water partition coefficient (Wildman–Crippen LogP) is 2.25. The number of benzene rings is 1. The molecule has 0 atom stereocenters. The summed E-state index contributed by atoms with van der Waals surface area (Å²) >= 11 is 3.43. The van der Waals surface area contributed by atoms with E-state index in [4.69, 9.17) is 5.26 Å². The second-order valence-electron chi connectivity index (χ2n) is 3.53. The fourth-order valence-electron chi connectivity index (χ4n) is 1.32. The lowest BCUT2D eigenvalue weighted by Gasteiger charge is -2.05. The number of nitriles is 1. The molecule has 0 saturated carbocycles. The molecule has 0 aliphatic carbocycles. The van der Waals surface area contributed by atoms with Gasteiger partial charge in [0, 0.05) is 10.7 Å². The van der Waals surface area contributed by atoms with E-state index >= 15 is 0 Å². The van der Waals surface area contributed by atoms with Crippen molar-refractivity contribution in [1.82, 2.24) is 20.6 Å². The summed E-state index contributed by atoms with van der Waals surface area (Å²) in [6.45, 7) is 1.99. The number of H-pyrrole nitrogens is 1. The highest BCUT2D eigenvalue weighted by Crippen LogP contribution is 2.23. The summed E-state index contributed by atoms with van der Waals surface area (Å²) in [5.41, 5.74) is 2.29. The molecule has 0 aliphatic heterocycles. The normalized spacial score (nSPS) is 11.1. The Morgan fingerprint density at radius 2 is 2.39 bits per heavy atom. The minimum atomic E-state index is 0.258. The van der Waals surface area contributed by atoms with E-state index in [9.17, 15) is 0 Å². The Hall–Kier alpha value is -2.20. The first-order valence-electron chi connectivity index (χ1n) is 5.07. The lowest BCUT2D eigenvalue weighted by Crippen LogP contribution is -1.94. The van der Waals surface area contributed by atoms with Gasteiger partial charge in [-0.25, -0.2) is 0 Å². The third-order valence-electron chi connectivity index (χ3n) is 2.20. The molecule has 2 aromatic rings. The van der Waals surface area contributed by atoms with Crippen LogP contribution in [0.4, 0.5) is 5.69 Å². The van der Waals surface area contributed by atoms with Crippen LogP contribution in [0.1, 0.15) is 11.4 Å². The van der Waals surface area contributed by atoms with Crippen molar-refractivity contribution in [3.05, 3.63) is 40.3 Å². The SMILES string of the molecule is Cc1ccc(Br)c(NC=C(C#N)c2nn[nH]n2)c1. The number of allylic oxidation sites excluding steroid dienone is 1. The highest BCUT2D eigenvalue weighted by atomic mass is 79.9. The van der Waals surface area contributed by atoms with Gasteiger partial charge in [-0.3, -0.25) is 0 Å². The lowest BCUT2D eigenvalue weighted by atomic mass is 10.2. The predicted molar refractivity (Wildman–Crippen MR) is 70.3 cm³/mol. The largest absolute Gasteiger partial charge is 0.359 e. The molecule has 0 fully saturated rings. The smallest absolute Gasteiger partial charge is 0.216 e. The van der Waals surface area contributed by atoms with Crippen LogP contribution in [-0.2, 0) is 0 Å². The average molecular weight is 305 g/mol. The highest BCUT2D eigenvalue weighted by molar-refractivity contribution is 9.10. The van der Waals surface area contributed by atoms with Crippen molar-refractivity contribution in [2.75, 3.05) is 5.32 Å². The molecule has 2 rings (SSSR count). The molecule has 2 N–H and O–H groups in total. The number of rotatable bonds is 3. The van der Waals surface area contributed by atoms with Crippen molar-refractivity contribution < 1.29 is 0 Å². The summed E-state index contributed by atoms with van der Waals surface area (Å²) < 4.78 is 0.912. The topological polar surface area (TPSA) is 90.3 Å². The third-order valence-corrected chi connectivity index (χ3v) is 2.89. The molecule has 90 valence electrons. The van der Waals surface area contributed by atoms with Crippen molar-refractivity contribution in [2.24, 2.45) is 0 Å². The number of halogens is 1. The van der Waals surface area contributed by atoms with E-state index in [0.29, 0.717) is 5.57 Å². The minimum absolute atomic E-state index is 0.258. The molecule has 18 heavy (non-hydrogen) atoms. The lowest BCUT2D eigenvalue weighted by molar-refractivity contribution is 0.881. The Bertz CT molecular complexity index is 611. The van der Waals surface area contributed by atoms with Crippen LogP contribution in [0.2, 0.25) is 0 Å². The first-order valence-corrected chi connectivity index (χ1v) is 5.87. The quantitative estimate of drug-likeness (QED) is 0.849. The second-order valence-corrected chi connectivity index (χ2v) is 4.39. The maximum Gasteiger partial charge on any atom is 0.216 e. The number of tetrazole rings is 1. The number of aromatic amines is 1. The van der Waals surface area contributed by atoms with Crippen LogP contribution >= 0.6 is 15.9 Å². The number of nitrogens with one attached hydrogen (secondary N) is 2. The van der Waals surface area contributed by atoms with Gasteiger partial charge in [0.2, 0.25) is 5.82 Å². The van der Waals surface area contributed by atoms with Crippen LogP contribution in [0.25, 0.3) is 5.57 Å². The van der Waals surface area contributed by atoms with Gasteiger partial charge < -0.3 is 5.32 Å². The molecule has 1 aromatic heterocycles. The van der Waals surface area contributed by atoms with Crippen LogP contribution in [0.15, 0.2) is 28.9 Å². The molecule has 0 saturated heterocycles. The molecule has 1 aromatic carbocycles. The van der Waals surface area contributed by atoms with E-state index in [1.165, 1.54) is 0 Å². The zero-order valence-electron chi connectivity index (χ0n) is 9.48. The number of aryl methyl sites for hydroxylation is 1. The first kappa shape index (κ1) is 12.3. The maximum atomic E-state index is 9.01. The molecule has 0 bridgehead atoms. The number of anilines is 1. The molecule has 0 radical (unpaired) electrons. The molecule has 7 heteroatoms. The molecule has 0 unspecified atom stereocenters. The van der Waals surface area contributed by atoms with Gasteiger partial charge >= 0.3 is 0 Å². The van der Waals surface area contributed by atoms with Crippen LogP contribution in [0.3, 0.4) is 0 Å². The van der Waals surface area contributed by atoms with Crippen molar-refractivity contribution >= 4 is 27.2 Å². The highest BCUT2D eigenvalue weighted by Gasteiger charge is 2.06. The Morgan fingerprint density at radius 1 is 1.56 bits per heavy atom. The van der Waals surface area contributed by atoms with E-state index in [1.54, 1.807) is 6.20 Å². The number of aromatic nitrogens is 4. The zero-order valence-corrected chi connectivity index (χ0v) is 11.1. The van der Waals surface area contributed by atoms with Crippen molar-refractivity contribution in [3.63, 3.8) is 0 Å². The monoisotopic (exact) mass is 304 g/mol. The Morgan fingerprint density at radius 3 is 3.06 bits per heavy atom. The molecular formula is C11H9BrN6. The van der Waals surface area contributed by atoms with Crippen LogP contribution in [-0.4, -0.2) is 20.6 Å². The van der Waals surface area contributed by atoms with Gasteiger partial charge in [-0.05, 0) is 45.8 Å².